The van der Waals surface area contributed by atoms with E-state index in [1.807, 2.05) is 27.2 Å². The first-order valence-electron chi connectivity index (χ1n) is 3.58. The van der Waals surface area contributed by atoms with E-state index in [4.69, 9.17) is 0 Å². The molecule has 0 atom stereocenters. The van der Waals surface area contributed by atoms with Crippen molar-refractivity contribution in [2.24, 2.45) is 0 Å². The average molecular weight is 234 g/mol. The van der Waals surface area contributed by atoms with Gasteiger partial charge in [-0.05, 0) is 6.07 Å². The van der Waals surface area contributed by atoms with Crippen molar-refractivity contribution in [2.75, 3.05) is 21.1 Å². The number of rotatable bonds is 1. The number of quaternary nitrogens is 1. The highest BCUT2D eigenvalue weighted by Gasteiger charge is 2.15. The van der Waals surface area contributed by atoms with Gasteiger partial charge in [-0.2, -0.15) is 0 Å². The van der Waals surface area contributed by atoms with Gasteiger partial charge in [0.05, 0.1) is 21.1 Å². The van der Waals surface area contributed by atoms with E-state index in [0.29, 0.717) is 10.2 Å². The van der Waals surface area contributed by atoms with Gasteiger partial charge in [0, 0.05) is 6.07 Å². The highest BCUT2D eigenvalue weighted by molar-refractivity contribution is 5.42. The summed E-state index contributed by atoms with van der Waals surface area (Å²) in [6.45, 7) is 0. The average Bonchev–Trinajstić information content (AvgIpc) is 1.86. The first-order valence-corrected chi connectivity index (χ1v) is 3.58. The van der Waals surface area contributed by atoms with Crippen LogP contribution < -0.4 is 21.5 Å². The maximum absolute atomic E-state index is 13.1. The second-order valence-corrected chi connectivity index (χ2v) is 3.46. The zero-order valence-corrected chi connectivity index (χ0v) is 9.10. The number of hydrogen-bond acceptors (Lipinski definition) is 0. The van der Waals surface area contributed by atoms with E-state index in [9.17, 15) is 4.39 Å². The lowest BCUT2D eigenvalue weighted by molar-refractivity contribution is -0.00000321. The maximum Gasteiger partial charge on any atom is 0.183 e. The molecule has 0 saturated carbocycles. The third-order valence-electron chi connectivity index (χ3n) is 1.58. The first-order chi connectivity index (χ1) is 5.02. The van der Waals surface area contributed by atoms with Crippen LogP contribution in [0.1, 0.15) is 0 Å². The fraction of sp³-hybridized carbons (Fsp3) is 0.333. The van der Waals surface area contributed by atoms with Crippen molar-refractivity contribution in [1.29, 1.82) is 0 Å². The molecular weight excluding hydrogens is 221 g/mol. The second-order valence-electron chi connectivity index (χ2n) is 3.46. The van der Waals surface area contributed by atoms with E-state index in [2.05, 4.69) is 0 Å². The van der Waals surface area contributed by atoms with E-state index >= 15 is 0 Å². The monoisotopic (exact) mass is 233 g/mol. The summed E-state index contributed by atoms with van der Waals surface area (Å²) in [4.78, 5) is 0. The summed E-state index contributed by atoms with van der Waals surface area (Å²) in [5, 5.41) is 0. The smallest absolute Gasteiger partial charge is 0.183 e. The van der Waals surface area contributed by atoms with Crippen molar-refractivity contribution in [3.63, 3.8) is 0 Å². The van der Waals surface area contributed by atoms with Crippen molar-refractivity contribution in [3.05, 3.63) is 30.1 Å². The molecule has 1 nitrogen and oxygen atoms in total. The molecule has 0 amide bonds. The zero-order valence-electron chi connectivity index (χ0n) is 7.51. The van der Waals surface area contributed by atoms with Gasteiger partial charge in [-0.25, -0.2) is 4.39 Å². The summed E-state index contributed by atoms with van der Waals surface area (Å²) in [7, 11) is 5.83. The van der Waals surface area contributed by atoms with Gasteiger partial charge in [0.25, 0.3) is 0 Å². The Morgan fingerprint density at radius 2 is 1.58 bits per heavy atom. The second kappa shape index (κ2) is 4.01. The predicted molar refractivity (Wildman–Crippen MR) is 46.0 cm³/mol. The molecule has 1 rings (SSSR count). The Labute approximate surface area is 83.2 Å². The predicted octanol–water partition coefficient (Wildman–Crippen LogP) is -0.974. The first kappa shape index (κ1) is 11.6. The molecule has 0 saturated heterocycles. The Hall–Kier alpha value is -0.410. The van der Waals surface area contributed by atoms with E-state index < -0.39 is 0 Å². The van der Waals surface area contributed by atoms with Crippen LogP contribution in [0.5, 0.6) is 0 Å². The van der Waals surface area contributed by atoms with E-state index in [1.165, 1.54) is 6.07 Å². The molecule has 0 fully saturated rings. The standard InChI is InChI=1S/C9H13FN.BrH/c1-11(2,3)9-7-5-4-6-8(9)10;/h4-7H,1-3H3;1H/q+1;/p-1. The Morgan fingerprint density at radius 3 is 1.92 bits per heavy atom. The van der Waals surface area contributed by atoms with Crippen LogP contribution in [-0.2, 0) is 0 Å². The van der Waals surface area contributed by atoms with Crippen molar-refractivity contribution in [1.82, 2.24) is 4.48 Å². The van der Waals surface area contributed by atoms with Gasteiger partial charge in [0.2, 0.25) is 0 Å². The van der Waals surface area contributed by atoms with E-state index in [-0.39, 0.29) is 22.8 Å². The summed E-state index contributed by atoms with van der Waals surface area (Å²) in [5.41, 5.74) is 0.715. The van der Waals surface area contributed by atoms with Gasteiger partial charge >= 0.3 is 0 Å². The van der Waals surface area contributed by atoms with Gasteiger partial charge < -0.3 is 17.0 Å². The summed E-state index contributed by atoms with van der Waals surface area (Å²) < 4.78 is 13.6. The highest BCUT2D eigenvalue weighted by Crippen LogP contribution is 2.19. The molecule has 12 heavy (non-hydrogen) atoms. The molecule has 1 aromatic rings. The topological polar surface area (TPSA) is 0 Å². The maximum atomic E-state index is 13.1. The van der Waals surface area contributed by atoms with E-state index in [0.717, 1.165) is 0 Å². The van der Waals surface area contributed by atoms with Crippen LogP contribution in [0.4, 0.5) is 10.1 Å². The molecule has 0 bridgehead atoms. The summed E-state index contributed by atoms with van der Waals surface area (Å²) in [5.74, 6) is -0.139. The lowest BCUT2D eigenvalue weighted by atomic mass is 10.2. The molecule has 1 aromatic carbocycles. The largest absolute Gasteiger partial charge is 1.00 e. The fourth-order valence-electron chi connectivity index (χ4n) is 0.996. The summed E-state index contributed by atoms with van der Waals surface area (Å²) in [6, 6.07) is 6.84. The lowest BCUT2D eigenvalue weighted by Crippen LogP contribution is -3.00. The summed E-state index contributed by atoms with van der Waals surface area (Å²) >= 11 is 0. The van der Waals surface area contributed by atoms with Crippen molar-refractivity contribution < 1.29 is 21.4 Å². The number of nitrogens with zero attached hydrogens (tertiary/aromatic N) is 1. The molecule has 0 spiro atoms. The zero-order chi connectivity index (χ0) is 8.48. The SMILES string of the molecule is C[N+](C)(C)c1ccccc1F.[Br-]. The molecule has 68 valence electrons. The molecule has 3 heteroatoms. The quantitative estimate of drug-likeness (QED) is 0.548. The van der Waals surface area contributed by atoms with Crippen molar-refractivity contribution in [2.45, 2.75) is 0 Å². The van der Waals surface area contributed by atoms with Crippen molar-refractivity contribution >= 4 is 5.69 Å². The van der Waals surface area contributed by atoms with Gasteiger partial charge in [0.1, 0.15) is 0 Å². The molecule has 0 aliphatic heterocycles. The van der Waals surface area contributed by atoms with Gasteiger partial charge in [-0.1, -0.05) is 12.1 Å². The minimum absolute atomic E-state index is 0. The third kappa shape index (κ3) is 2.57. The van der Waals surface area contributed by atoms with Gasteiger partial charge in [0.15, 0.2) is 11.5 Å². The molecule has 0 aliphatic rings. The molecule has 0 N–H and O–H groups in total. The summed E-state index contributed by atoms with van der Waals surface area (Å²) in [6.07, 6.45) is 0. The normalized spacial score (nSPS) is 10.7. The molecule has 0 aliphatic carbocycles. The highest BCUT2D eigenvalue weighted by atomic mass is 79.9. The molecule has 0 unspecified atom stereocenters. The van der Waals surface area contributed by atoms with Gasteiger partial charge in [-0.3, -0.25) is 4.48 Å². The molecule has 0 heterocycles. The molecule has 0 radical (unpaired) electrons. The molecule has 0 aromatic heterocycles. The lowest BCUT2D eigenvalue weighted by Gasteiger charge is -2.23. The van der Waals surface area contributed by atoms with Crippen LogP contribution in [0.15, 0.2) is 24.3 Å². The number of hydrogen-bond donors (Lipinski definition) is 0. The van der Waals surface area contributed by atoms with E-state index in [1.54, 1.807) is 12.1 Å². The van der Waals surface area contributed by atoms with Crippen molar-refractivity contribution in [3.8, 4) is 0 Å². The minimum atomic E-state index is -0.139. The van der Waals surface area contributed by atoms with Gasteiger partial charge in [-0.15, -0.1) is 0 Å². The Balaban J connectivity index is 0.00000121. The van der Waals surface area contributed by atoms with Crippen LogP contribution in [-0.4, -0.2) is 21.1 Å². The van der Waals surface area contributed by atoms with Crippen LogP contribution >= 0.6 is 0 Å². The minimum Gasteiger partial charge on any atom is -1.00 e. The third-order valence-corrected chi connectivity index (χ3v) is 1.58. The van der Waals surface area contributed by atoms with Crippen LogP contribution in [0.25, 0.3) is 0 Å². The molecular formula is C9H13BrFN. The Bertz CT molecular complexity index is 255. The fourth-order valence-corrected chi connectivity index (χ4v) is 0.996. The Morgan fingerprint density at radius 1 is 1.08 bits per heavy atom. The number of para-hydroxylation sites is 1. The van der Waals surface area contributed by atoms with Crippen LogP contribution in [0, 0.1) is 5.82 Å². The van der Waals surface area contributed by atoms with Crippen LogP contribution in [0.3, 0.4) is 0 Å². The Kier molecular flexibility index (Phi) is 3.87. The number of halogens is 2. The van der Waals surface area contributed by atoms with Crippen LogP contribution in [0.2, 0.25) is 0 Å². The number of benzene rings is 1.